The monoisotopic (exact) mass is 242 g/mol. The van der Waals surface area contributed by atoms with Crippen molar-refractivity contribution in [2.24, 2.45) is 17.1 Å². The predicted molar refractivity (Wildman–Crippen MR) is 64.4 cm³/mol. The molecule has 0 aromatic heterocycles. The first-order chi connectivity index (χ1) is 8.00. The fraction of sp³-hybridized carbons (Fsp3) is 0.833. The van der Waals surface area contributed by atoms with Gasteiger partial charge in [-0.2, -0.15) is 0 Å². The van der Waals surface area contributed by atoms with Crippen molar-refractivity contribution in [2.75, 3.05) is 13.1 Å². The van der Waals surface area contributed by atoms with Gasteiger partial charge in [0.2, 0.25) is 5.91 Å². The van der Waals surface area contributed by atoms with E-state index < -0.39 is 11.4 Å². The normalized spacial score (nSPS) is 19.9. The van der Waals surface area contributed by atoms with Crippen LogP contribution in [-0.2, 0) is 9.59 Å². The molecule has 0 heterocycles. The number of hydrogen-bond donors (Lipinski definition) is 3. The molecule has 98 valence electrons. The third kappa shape index (κ3) is 3.70. The molecule has 1 aliphatic carbocycles. The fourth-order valence-corrected chi connectivity index (χ4v) is 2.40. The average Bonchev–Trinajstić information content (AvgIpc) is 2.74. The SMILES string of the molecule is CC(CNC(=O)C1(CN)CCCC1)CC(=O)O. The van der Waals surface area contributed by atoms with Crippen LogP contribution in [0.25, 0.3) is 0 Å². The zero-order chi connectivity index (χ0) is 12.9. The van der Waals surface area contributed by atoms with Crippen molar-refractivity contribution in [2.45, 2.75) is 39.0 Å². The van der Waals surface area contributed by atoms with Crippen LogP contribution in [0.15, 0.2) is 0 Å². The molecular weight excluding hydrogens is 220 g/mol. The van der Waals surface area contributed by atoms with E-state index in [1.807, 2.05) is 6.92 Å². The van der Waals surface area contributed by atoms with Crippen LogP contribution in [-0.4, -0.2) is 30.1 Å². The van der Waals surface area contributed by atoms with Gasteiger partial charge in [0.25, 0.3) is 0 Å². The molecule has 4 N–H and O–H groups in total. The summed E-state index contributed by atoms with van der Waals surface area (Å²) in [4.78, 5) is 22.5. The van der Waals surface area contributed by atoms with Crippen LogP contribution >= 0.6 is 0 Å². The quantitative estimate of drug-likeness (QED) is 0.640. The summed E-state index contributed by atoms with van der Waals surface area (Å²) in [6.07, 6.45) is 3.88. The van der Waals surface area contributed by atoms with E-state index in [0.29, 0.717) is 13.1 Å². The fourth-order valence-electron chi connectivity index (χ4n) is 2.40. The van der Waals surface area contributed by atoms with Crippen LogP contribution in [0, 0.1) is 11.3 Å². The van der Waals surface area contributed by atoms with E-state index in [4.69, 9.17) is 10.8 Å². The molecule has 0 aromatic rings. The van der Waals surface area contributed by atoms with Gasteiger partial charge in [0.1, 0.15) is 0 Å². The molecular formula is C12H22N2O3. The number of carboxylic acids is 1. The van der Waals surface area contributed by atoms with Crippen LogP contribution < -0.4 is 11.1 Å². The van der Waals surface area contributed by atoms with E-state index in [2.05, 4.69) is 5.32 Å². The molecule has 0 bridgehead atoms. The second-order valence-electron chi connectivity index (χ2n) is 5.10. The molecule has 1 saturated carbocycles. The second kappa shape index (κ2) is 6.00. The van der Waals surface area contributed by atoms with Crippen LogP contribution in [0.2, 0.25) is 0 Å². The van der Waals surface area contributed by atoms with Crippen molar-refractivity contribution in [3.05, 3.63) is 0 Å². The van der Waals surface area contributed by atoms with E-state index in [-0.39, 0.29) is 18.2 Å². The molecule has 17 heavy (non-hydrogen) atoms. The summed E-state index contributed by atoms with van der Waals surface area (Å²) >= 11 is 0. The van der Waals surface area contributed by atoms with E-state index in [0.717, 1.165) is 25.7 Å². The first kappa shape index (κ1) is 14.0. The minimum atomic E-state index is -0.832. The Balaban J connectivity index is 2.40. The highest BCUT2D eigenvalue weighted by Crippen LogP contribution is 2.37. The number of carbonyl (C=O) groups is 2. The lowest BCUT2D eigenvalue weighted by atomic mass is 9.85. The van der Waals surface area contributed by atoms with Crippen molar-refractivity contribution in [1.82, 2.24) is 5.32 Å². The van der Waals surface area contributed by atoms with Crippen LogP contribution in [0.4, 0.5) is 0 Å². The van der Waals surface area contributed by atoms with Gasteiger partial charge in [0, 0.05) is 19.5 Å². The Morgan fingerprint density at radius 3 is 2.47 bits per heavy atom. The number of nitrogens with two attached hydrogens (primary N) is 1. The molecule has 1 atom stereocenters. The van der Waals surface area contributed by atoms with Gasteiger partial charge in [-0.05, 0) is 18.8 Å². The van der Waals surface area contributed by atoms with E-state index >= 15 is 0 Å². The van der Waals surface area contributed by atoms with E-state index in [1.54, 1.807) is 0 Å². The van der Waals surface area contributed by atoms with Gasteiger partial charge in [-0.1, -0.05) is 19.8 Å². The highest BCUT2D eigenvalue weighted by atomic mass is 16.4. The number of carbonyl (C=O) groups excluding carboxylic acids is 1. The zero-order valence-electron chi connectivity index (χ0n) is 10.4. The number of nitrogens with one attached hydrogen (secondary N) is 1. The molecule has 1 amide bonds. The van der Waals surface area contributed by atoms with Gasteiger partial charge in [0.15, 0.2) is 0 Å². The largest absolute Gasteiger partial charge is 0.481 e. The Morgan fingerprint density at radius 2 is 2.00 bits per heavy atom. The van der Waals surface area contributed by atoms with Gasteiger partial charge in [-0.15, -0.1) is 0 Å². The van der Waals surface area contributed by atoms with Crippen LogP contribution in [0.3, 0.4) is 0 Å². The predicted octanol–water partition coefficient (Wildman–Crippen LogP) is 0.733. The first-order valence-electron chi connectivity index (χ1n) is 6.20. The van der Waals surface area contributed by atoms with Crippen LogP contribution in [0.1, 0.15) is 39.0 Å². The molecule has 5 heteroatoms. The Kier molecular flexibility index (Phi) is 4.93. The minimum Gasteiger partial charge on any atom is -0.481 e. The van der Waals surface area contributed by atoms with Crippen molar-refractivity contribution >= 4 is 11.9 Å². The smallest absolute Gasteiger partial charge is 0.303 e. The van der Waals surface area contributed by atoms with Crippen molar-refractivity contribution < 1.29 is 14.7 Å². The molecule has 0 aliphatic heterocycles. The maximum atomic E-state index is 12.1. The molecule has 1 fully saturated rings. The number of aliphatic carboxylic acids is 1. The van der Waals surface area contributed by atoms with Gasteiger partial charge in [0.05, 0.1) is 5.41 Å². The Bertz CT molecular complexity index is 285. The number of amides is 1. The molecule has 0 spiro atoms. The molecule has 0 saturated heterocycles. The van der Waals surface area contributed by atoms with Crippen molar-refractivity contribution in [1.29, 1.82) is 0 Å². The summed E-state index contributed by atoms with van der Waals surface area (Å²) in [5.74, 6) is -0.886. The summed E-state index contributed by atoms with van der Waals surface area (Å²) in [5, 5.41) is 11.5. The summed E-state index contributed by atoms with van der Waals surface area (Å²) in [6, 6.07) is 0. The minimum absolute atomic E-state index is 0.00487. The molecule has 1 rings (SSSR count). The first-order valence-corrected chi connectivity index (χ1v) is 6.20. The summed E-state index contributed by atoms with van der Waals surface area (Å²) in [6.45, 7) is 2.61. The van der Waals surface area contributed by atoms with Gasteiger partial charge >= 0.3 is 5.97 Å². The number of carboxylic acid groups (broad SMARTS) is 1. The lowest BCUT2D eigenvalue weighted by molar-refractivity contribution is -0.138. The van der Waals surface area contributed by atoms with Gasteiger partial charge in [-0.25, -0.2) is 0 Å². The maximum Gasteiger partial charge on any atom is 0.303 e. The molecule has 0 aromatic carbocycles. The molecule has 1 unspecified atom stereocenters. The Labute approximate surface area is 102 Å². The zero-order valence-corrected chi connectivity index (χ0v) is 10.4. The summed E-state index contributed by atoms with van der Waals surface area (Å²) in [5.41, 5.74) is 5.30. The lowest BCUT2D eigenvalue weighted by Gasteiger charge is -2.26. The Morgan fingerprint density at radius 1 is 1.41 bits per heavy atom. The van der Waals surface area contributed by atoms with Crippen molar-refractivity contribution in [3.8, 4) is 0 Å². The van der Waals surface area contributed by atoms with Gasteiger partial charge in [-0.3, -0.25) is 9.59 Å². The number of rotatable bonds is 6. The van der Waals surface area contributed by atoms with E-state index in [9.17, 15) is 9.59 Å². The number of hydrogen-bond acceptors (Lipinski definition) is 3. The maximum absolute atomic E-state index is 12.1. The van der Waals surface area contributed by atoms with Crippen molar-refractivity contribution in [3.63, 3.8) is 0 Å². The van der Waals surface area contributed by atoms with Crippen LogP contribution in [0.5, 0.6) is 0 Å². The highest BCUT2D eigenvalue weighted by Gasteiger charge is 2.39. The second-order valence-corrected chi connectivity index (χ2v) is 5.10. The van der Waals surface area contributed by atoms with Gasteiger partial charge < -0.3 is 16.2 Å². The summed E-state index contributed by atoms with van der Waals surface area (Å²) in [7, 11) is 0. The molecule has 0 radical (unpaired) electrons. The average molecular weight is 242 g/mol. The summed E-state index contributed by atoms with van der Waals surface area (Å²) < 4.78 is 0. The third-order valence-corrected chi connectivity index (χ3v) is 3.57. The lowest BCUT2D eigenvalue weighted by Crippen LogP contribution is -2.45. The highest BCUT2D eigenvalue weighted by molar-refractivity contribution is 5.83. The third-order valence-electron chi connectivity index (χ3n) is 3.57. The molecule has 1 aliphatic rings. The standard InChI is InChI=1S/C12H22N2O3/c1-9(6-10(15)16)7-14-11(17)12(8-13)4-2-3-5-12/h9H,2-8,13H2,1H3,(H,14,17)(H,15,16). The topological polar surface area (TPSA) is 92.4 Å². The van der Waals surface area contributed by atoms with E-state index in [1.165, 1.54) is 0 Å². The Hall–Kier alpha value is -1.10. The molecule has 5 nitrogen and oxygen atoms in total.